The molecule has 2 unspecified atom stereocenters. The van der Waals surface area contributed by atoms with E-state index >= 15 is 0 Å². The van der Waals surface area contributed by atoms with E-state index in [1.165, 1.54) is 45.2 Å². The van der Waals surface area contributed by atoms with Crippen LogP contribution in [0.2, 0.25) is 0 Å². The standard InChI is InChI=1S/C24H38N2O3.ClH/c1-2-3-18-28-23-15-9-8-13-21(23)25-24(27)29-22-14-7-4-6-12-20(22)19-26-16-10-5-11-17-26;/h8-9,13,15,20,22H,2-7,10-12,14,16-19H2,1H3,(H,25,27);1H. The van der Waals surface area contributed by atoms with Crippen LogP contribution in [0.4, 0.5) is 10.5 Å². The van der Waals surface area contributed by atoms with Gasteiger partial charge in [-0.3, -0.25) is 5.32 Å². The van der Waals surface area contributed by atoms with Gasteiger partial charge in [-0.15, -0.1) is 12.4 Å². The predicted octanol–water partition coefficient (Wildman–Crippen LogP) is 6.27. The van der Waals surface area contributed by atoms with Gasteiger partial charge in [0, 0.05) is 12.5 Å². The second kappa shape index (κ2) is 13.8. The lowest BCUT2D eigenvalue weighted by molar-refractivity contribution is 0.0471. The van der Waals surface area contributed by atoms with E-state index in [0.717, 1.165) is 38.6 Å². The molecule has 0 spiro atoms. The lowest BCUT2D eigenvalue weighted by Crippen LogP contribution is -2.39. The molecule has 1 aromatic rings. The van der Waals surface area contributed by atoms with Crippen LogP contribution in [-0.4, -0.2) is 43.3 Å². The molecule has 0 bridgehead atoms. The molecule has 170 valence electrons. The maximum Gasteiger partial charge on any atom is 0.412 e. The van der Waals surface area contributed by atoms with E-state index in [2.05, 4.69) is 17.1 Å². The molecule has 6 heteroatoms. The lowest BCUT2D eigenvalue weighted by Gasteiger charge is -2.33. The monoisotopic (exact) mass is 438 g/mol. The average molecular weight is 439 g/mol. The molecule has 2 aliphatic rings. The molecule has 3 rings (SSSR count). The fraction of sp³-hybridized carbons (Fsp3) is 0.708. The maximum absolute atomic E-state index is 12.7. The third kappa shape index (κ3) is 7.99. The topological polar surface area (TPSA) is 50.8 Å². The smallest absolute Gasteiger partial charge is 0.412 e. The molecule has 1 amide bonds. The molecular formula is C24H39ClN2O3. The molecule has 1 heterocycles. The van der Waals surface area contributed by atoms with Crippen molar-refractivity contribution < 1.29 is 14.3 Å². The first-order chi connectivity index (χ1) is 14.3. The van der Waals surface area contributed by atoms with Gasteiger partial charge in [-0.05, 0) is 63.7 Å². The van der Waals surface area contributed by atoms with Crippen LogP contribution in [-0.2, 0) is 4.74 Å². The van der Waals surface area contributed by atoms with Crippen LogP contribution < -0.4 is 10.1 Å². The fourth-order valence-corrected chi connectivity index (χ4v) is 4.49. The number of hydrogen-bond donors (Lipinski definition) is 1. The number of para-hydroxylation sites is 2. The summed E-state index contributed by atoms with van der Waals surface area (Å²) in [7, 11) is 0. The largest absolute Gasteiger partial charge is 0.491 e. The summed E-state index contributed by atoms with van der Waals surface area (Å²) in [6, 6.07) is 7.61. The molecule has 1 saturated heterocycles. The predicted molar refractivity (Wildman–Crippen MR) is 125 cm³/mol. The van der Waals surface area contributed by atoms with Crippen LogP contribution in [0.15, 0.2) is 24.3 Å². The molecule has 5 nitrogen and oxygen atoms in total. The second-order valence-electron chi connectivity index (χ2n) is 8.53. The molecular weight excluding hydrogens is 400 g/mol. The number of halogens is 1. The third-order valence-electron chi connectivity index (χ3n) is 6.17. The van der Waals surface area contributed by atoms with E-state index < -0.39 is 0 Å². The Kier molecular flexibility index (Phi) is 11.4. The summed E-state index contributed by atoms with van der Waals surface area (Å²) in [6.07, 6.45) is 11.4. The van der Waals surface area contributed by atoms with Gasteiger partial charge in [0.2, 0.25) is 0 Å². The molecule has 2 fully saturated rings. The zero-order valence-corrected chi connectivity index (χ0v) is 19.3. The van der Waals surface area contributed by atoms with E-state index in [4.69, 9.17) is 9.47 Å². The summed E-state index contributed by atoms with van der Waals surface area (Å²) in [5, 5.41) is 2.93. The highest BCUT2D eigenvalue weighted by Crippen LogP contribution is 2.29. The van der Waals surface area contributed by atoms with Crippen molar-refractivity contribution in [3.05, 3.63) is 24.3 Å². The number of carbonyl (C=O) groups is 1. The highest BCUT2D eigenvalue weighted by Gasteiger charge is 2.29. The Labute approximate surface area is 188 Å². The Balaban J connectivity index is 0.00000320. The minimum absolute atomic E-state index is 0. The van der Waals surface area contributed by atoms with Gasteiger partial charge in [0.05, 0.1) is 12.3 Å². The van der Waals surface area contributed by atoms with Crippen molar-refractivity contribution in [1.29, 1.82) is 0 Å². The Morgan fingerprint density at radius 3 is 2.60 bits per heavy atom. The van der Waals surface area contributed by atoms with Crippen molar-refractivity contribution in [2.75, 3.05) is 31.6 Å². The van der Waals surface area contributed by atoms with Crippen molar-refractivity contribution in [2.24, 2.45) is 5.92 Å². The van der Waals surface area contributed by atoms with Crippen molar-refractivity contribution >= 4 is 24.2 Å². The Morgan fingerprint density at radius 1 is 1.07 bits per heavy atom. The summed E-state index contributed by atoms with van der Waals surface area (Å²) in [4.78, 5) is 15.3. The van der Waals surface area contributed by atoms with Gasteiger partial charge in [0.25, 0.3) is 0 Å². The van der Waals surface area contributed by atoms with E-state index in [0.29, 0.717) is 24.0 Å². The highest BCUT2D eigenvalue weighted by molar-refractivity contribution is 5.86. The first-order valence-electron chi connectivity index (χ1n) is 11.7. The summed E-state index contributed by atoms with van der Waals surface area (Å²) in [5.41, 5.74) is 0.690. The number of amides is 1. The highest BCUT2D eigenvalue weighted by atomic mass is 35.5. The number of unbranched alkanes of at least 4 members (excludes halogenated alkanes) is 1. The Morgan fingerprint density at radius 2 is 1.80 bits per heavy atom. The van der Waals surface area contributed by atoms with Gasteiger partial charge in [-0.1, -0.05) is 44.7 Å². The second-order valence-corrected chi connectivity index (χ2v) is 8.53. The summed E-state index contributed by atoms with van der Waals surface area (Å²) in [5.74, 6) is 1.15. The molecule has 1 aliphatic heterocycles. The first-order valence-corrected chi connectivity index (χ1v) is 11.7. The van der Waals surface area contributed by atoms with Gasteiger partial charge in [0.15, 0.2) is 0 Å². The maximum atomic E-state index is 12.7. The lowest BCUT2D eigenvalue weighted by atomic mass is 9.95. The number of carbonyl (C=O) groups excluding carboxylic acids is 1. The van der Waals surface area contributed by atoms with Crippen LogP contribution in [0.25, 0.3) is 0 Å². The molecule has 1 saturated carbocycles. The van der Waals surface area contributed by atoms with Crippen LogP contribution in [0.1, 0.15) is 71.1 Å². The number of anilines is 1. The molecule has 1 N–H and O–H groups in total. The number of nitrogens with one attached hydrogen (secondary N) is 1. The minimum atomic E-state index is -0.355. The summed E-state index contributed by atoms with van der Waals surface area (Å²) < 4.78 is 11.8. The molecule has 0 aromatic heterocycles. The number of hydrogen-bond acceptors (Lipinski definition) is 4. The molecule has 30 heavy (non-hydrogen) atoms. The molecule has 0 radical (unpaired) electrons. The fourth-order valence-electron chi connectivity index (χ4n) is 4.49. The van der Waals surface area contributed by atoms with Crippen LogP contribution >= 0.6 is 12.4 Å². The summed E-state index contributed by atoms with van der Waals surface area (Å²) >= 11 is 0. The number of rotatable bonds is 8. The quantitative estimate of drug-likeness (QED) is 0.383. The van der Waals surface area contributed by atoms with E-state index in [9.17, 15) is 4.79 Å². The minimum Gasteiger partial charge on any atom is -0.491 e. The number of nitrogens with zero attached hydrogens (tertiary/aromatic N) is 1. The zero-order valence-electron chi connectivity index (χ0n) is 18.4. The van der Waals surface area contributed by atoms with E-state index in [1.54, 1.807) is 0 Å². The van der Waals surface area contributed by atoms with Gasteiger partial charge >= 0.3 is 6.09 Å². The van der Waals surface area contributed by atoms with E-state index in [1.807, 2.05) is 24.3 Å². The van der Waals surface area contributed by atoms with Crippen molar-refractivity contribution in [1.82, 2.24) is 4.90 Å². The van der Waals surface area contributed by atoms with Gasteiger partial charge < -0.3 is 14.4 Å². The third-order valence-corrected chi connectivity index (χ3v) is 6.17. The molecule has 1 aliphatic carbocycles. The number of benzene rings is 1. The van der Waals surface area contributed by atoms with E-state index in [-0.39, 0.29) is 24.6 Å². The number of piperidine rings is 1. The first kappa shape index (κ1) is 24.8. The van der Waals surface area contributed by atoms with Crippen LogP contribution in [0.5, 0.6) is 5.75 Å². The SMILES string of the molecule is CCCCOc1ccccc1NC(=O)OC1CCCCCC1CN1CCCCC1.Cl. The van der Waals surface area contributed by atoms with Crippen molar-refractivity contribution in [2.45, 2.75) is 77.2 Å². The normalized spacial score (nSPS) is 22.4. The summed E-state index contributed by atoms with van der Waals surface area (Å²) in [6.45, 7) is 6.24. The van der Waals surface area contributed by atoms with Crippen molar-refractivity contribution in [3.63, 3.8) is 0 Å². The number of ether oxygens (including phenoxy) is 2. The van der Waals surface area contributed by atoms with Gasteiger partial charge in [0.1, 0.15) is 11.9 Å². The zero-order chi connectivity index (χ0) is 20.3. The average Bonchev–Trinajstić information content (AvgIpc) is 2.95. The Hall–Kier alpha value is -1.46. The van der Waals surface area contributed by atoms with Gasteiger partial charge in [-0.2, -0.15) is 0 Å². The molecule has 1 aromatic carbocycles. The Bertz CT molecular complexity index is 622. The van der Waals surface area contributed by atoms with Crippen LogP contribution in [0.3, 0.4) is 0 Å². The molecule has 2 atom stereocenters. The van der Waals surface area contributed by atoms with Crippen molar-refractivity contribution in [3.8, 4) is 5.75 Å². The van der Waals surface area contributed by atoms with Crippen LogP contribution in [0, 0.1) is 5.92 Å². The number of likely N-dealkylation sites (tertiary alicyclic amines) is 1. The van der Waals surface area contributed by atoms with Gasteiger partial charge in [-0.25, -0.2) is 4.79 Å².